The molecule has 1 heterocycles. The summed E-state index contributed by atoms with van der Waals surface area (Å²) >= 11 is 29.6. The molecule has 0 amide bonds. The van der Waals surface area contributed by atoms with E-state index in [1.807, 2.05) is 18.2 Å². The van der Waals surface area contributed by atoms with Gasteiger partial charge in [0, 0.05) is 47.6 Å². The van der Waals surface area contributed by atoms with E-state index in [2.05, 4.69) is 15.1 Å². The van der Waals surface area contributed by atoms with E-state index < -0.39 is 0 Å². The highest BCUT2D eigenvalue weighted by molar-refractivity contribution is 7.80. The summed E-state index contributed by atoms with van der Waals surface area (Å²) in [5.41, 5.74) is 1.85. The first-order chi connectivity index (χ1) is 11.9. The van der Waals surface area contributed by atoms with E-state index in [1.165, 1.54) is 0 Å². The summed E-state index contributed by atoms with van der Waals surface area (Å²) in [6.45, 7) is 3.30. The first-order valence-corrected chi connectivity index (χ1v) is 9.56. The van der Waals surface area contributed by atoms with Gasteiger partial charge in [-0.2, -0.15) is 0 Å². The van der Waals surface area contributed by atoms with Crippen LogP contribution in [0, 0.1) is 0 Å². The minimum Gasteiger partial charge on any atom is -0.368 e. The van der Waals surface area contributed by atoms with Crippen LogP contribution in [0.25, 0.3) is 0 Å². The number of piperazine rings is 1. The summed E-state index contributed by atoms with van der Waals surface area (Å²) in [6.07, 6.45) is 0. The Balaban J connectivity index is 1.59. The third-order valence-electron chi connectivity index (χ3n) is 3.95. The van der Waals surface area contributed by atoms with E-state index in [-0.39, 0.29) is 0 Å². The molecule has 0 unspecified atom stereocenters. The second-order valence-electron chi connectivity index (χ2n) is 5.66. The zero-order valence-electron chi connectivity index (χ0n) is 13.1. The molecule has 0 bridgehead atoms. The van der Waals surface area contributed by atoms with E-state index in [0.717, 1.165) is 37.6 Å². The lowest BCUT2D eigenvalue weighted by Crippen LogP contribution is -2.50. The van der Waals surface area contributed by atoms with Gasteiger partial charge in [0.25, 0.3) is 0 Å². The molecule has 0 radical (unpaired) electrons. The van der Waals surface area contributed by atoms with Gasteiger partial charge < -0.3 is 15.1 Å². The van der Waals surface area contributed by atoms with Crippen LogP contribution in [0.15, 0.2) is 36.4 Å². The quantitative estimate of drug-likeness (QED) is 0.600. The average molecular weight is 435 g/mol. The second kappa shape index (κ2) is 8.19. The number of nitrogens with one attached hydrogen (secondary N) is 1. The summed E-state index contributed by atoms with van der Waals surface area (Å²) in [7, 11) is 0. The molecule has 0 aromatic heterocycles. The Labute approximate surface area is 172 Å². The van der Waals surface area contributed by atoms with Crippen LogP contribution < -0.4 is 10.2 Å². The Morgan fingerprint density at radius 2 is 1.48 bits per heavy atom. The highest BCUT2D eigenvalue weighted by Crippen LogP contribution is 2.28. The Bertz CT molecular complexity index is 771. The number of thiocarbonyl (C=S) groups is 1. The molecule has 1 saturated heterocycles. The summed E-state index contributed by atoms with van der Waals surface area (Å²) in [5, 5.41) is 6.13. The van der Waals surface area contributed by atoms with Crippen LogP contribution in [0.1, 0.15) is 0 Å². The fraction of sp³-hybridized carbons (Fsp3) is 0.235. The zero-order chi connectivity index (χ0) is 18.0. The van der Waals surface area contributed by atoms with Crippen molar-refractivity contribution in [2.75, 3.05) is 36.4 Å². The van der Waals surface area contributed by atoms with Crippen molar-refractivity contribution in [1.82, 2.24) is 4.90 Å². The number of halogens is 4. The molecular weight excluding hydrogens is 420 g/mol. The number of rotatable bonds is 2. The fourth-order valence-corrected chi connectivity index (χ4v) is 3.80. The van der Waals surface area contributed by atoms with Gasteiger partial charge in [-0.3, -0.25) is 0 Å². The molecule has 1 aliphatic rings. The summed E-state index contributed by atoms with van der Waals surface area (Å²) in [4.78, 5) is 4.38. The van der Waals surface area contributed by atoms with Gasteiger partial charge >= 0.3 is 0 Å². The topological polar surface area (TPSA) is 18.5 Å². The van der Waals surface area contributed by atoms with Gasteiger partial charge in [-0.1, -0.05) is 46.4 Å². The summed E-state index contributed by atoms with van der Waals surface area (Å²) in [5.74, 6) is 0. The predicted octanol–water partition coefficient (Wildman–Crippen LogP) is 5.82. The Morgan fingerprint density at radius 1 is 0.840 bits per heavy atom. The van der Waals surface area contributed by atoms with Crippen molar-refractivity contribution in [3.8, 4) is 0 Å². The summed E-state index contributed by atoms with van der Waals surface area (Å²) in [6, 6.07) is 11.0. The molecule has 8 heteroatoms. The van der Waals surface area contributed by atoms with Gasteiger partial charge in [0.1, 0.15) is 0 Å². The predicted molar refractivity (Wildman–Crippen MR) is 113 cm³/mol. The molecule has 3 rings (SSSR count). The van der Waals surface area contributed by atoms with Gasteiger partial charge in [-0.15, -0.1) is 0 Å². The molecule has 0 saturated carbocycles. The van der Waals surface area contributed by atoms with Crippen molar-refractivity contribution >= 4 is 75.1 Å². The molecule has 2 aromatic rings. The molecule has 1 N–H and O–H groups in total. The van der Waals surface area contributed by atoms with Gasteiger partial charge in [0.15, 0.2) is 5.11 Å². The standard InChI is InChI=1S/C17H15Cl4N3S/c18-11-7-12(19)9-13(8-11)22-17(25)24-5-3-23(4-6-24)14-1-2-15(20)16(21)10-14/h1-2,7-10H,3-6H2,(H,22,25). The van der Waals surface area contributed by atoms with E-state index in [1.54, 1.807) is 18.2 Å². The molecule has 25 heavy (non-hydrogen) atoms. The van der Waals surface area contributed by atoms with E-state index in [9.17, 15) is 0 Å². The molecule has 1 fully saturated rings. The highest BCUT2D eigenvalue weighted by Gasteiger charge is 2.20. The minimum atomic E-state index is 0.564. The van der Waals surface area contributed by atoms with Crippen LogP contribution in [0.4, 0.5) is 11.4 Å². The van der Waals surface area contributed by atoms with Crippen molar-refractivity contribution < 1.29 is 0 Å². The average Bonchev–Trinajstić information content (AvgIpc) is 2.56. The van der Waals surface area contributed by atoms with Crippen LogP contribution in [0.3, 0.4) is 0 Å². The van der Waals surface area contributed by atoms with Crippen LogP contribution >= 0.6 is 58.6 Å². The number of hydrogen-bond acceptors (Lipinski definition) is 2. The number of anilines is 2. The highest BCUT2D eigenvalue weighted by atomic mass is 35.5. The van der Waals surface area contributed by atoms with Crippen LogP contribution in [0.2, 0.25) is 20.1 Å². The van der Waals surface area contributed by atoms with Crippen molar-refractivity contribution in [1.29, 1.82) is 0 Å². The van der Waals surface area contributed by atoms with Crippen molar-refractivity contribution in [2.45, 2.75) is 0 Å². The SMILES string of the molecule is S=C(Nc1cc(Cl)cc(Cl)c1)N1CCN(c2ccc(Cl)c(Cl)c2)CC1. The number of nitrogens with zero attached hydrogens (tertiary/aromatic N) is 2. The van der Waals surface area contributed by atoms with E-state index >= 15 is 0 Å². The largest absolute Gasteiger partial charge is 0.368 e. The number of benzene rings is 2. The van der Waals surface area contributed by atoms with Crippen molar-refractivity contribution in [3.63, 3.8) is 0 Å². The first kappa shape index (κ1) is 18.9. The zero-order valence-corrected chi connectivity index (χ0v) is 16.9. The lowest BCUT2D eigenvalue weighted by molar-refractivity contribution is 0.391. The molecule has 1 aliphatic heterocycles. The molecule has 0 spiro atoms. The molecule has 0 aliphatic carbocycles. The lowest BCUT2D eigenvalue weighted by Gasteiger charge is -2.37. The summed E-state index contributed by atoms with van der Waals surface area (Å²) < 4.78 is 0. The Hall–Kier alpha value is -0.910. The van der Waals surface area contributed by atoms with Gasteiger partial charge in [-0.05, 0) is 48.6 Å². The van der Waals surface area contributed by atoms with Crippen molar-refractivity contribution in [3.05, 3.63) is 56.5 Å². The fourth-order valence-electron chi connectivity index (χ4n) is 2.68. The van der Waals surface area contributed by atoms with Gasteiger partial charge in [0.2, 0.25) is 0 Å². The smallest absolute Gasteiger partial charge is 0.173 e. The maximum atomic E-state index is 6.11. The molecule has 132 valence electrons. The van der Waals surface area contributed by atoms with E-state index in [0.29, 0.717) is 25.2 Å². The van der Waals surface area contributed by atoms with Crippen LogP contribution in [0.5, 0.6) is 0 Å². The molecular formula is C17H15Cl4N3S. The molecule has 2 aromatic carbocycles. The monoisotopic (exact) mass is 433 g/mol. The third-order valence-corrected chi connectivity index (χ3v) is 5.48. The maximum absolute atomic E-state index is 6.11. The van der Waals surface area contributed by atoms with Crippen LogP contribution in [-0.2, 0) is 0 Å². The first-order valence-electron chi connectivity index (χ1n) is 7.64. The lowest BCUT2D eigenvalue weighted by atomic mass is 10.2. The Kier molecular flexibility index (Phi) is 6.18. The van der Waals surface area contributed by atoms with Gasteiger partial charge in [-0.25, -0.2) is 0 Å². The third kappa shape index (κ3) is 4.83. The minimum absolute atomic E-state index is 0.564. The normalized spacial score (nSPS) is 14.6. The van der Waals surface area contributed by atoms with Crippen LogP contribution in [-0.4, -0.2) is 36.2 Å². The second-order valence-corrected chi connectivity index (χ2v) is 7.73. The molecule has 0 atom stereocenters. The maximum Gasteiger partial charge on any atom is 0.173 e. The number of hydrogen-bond donors (Lipinski definition) is 1. The Morgan fingerprint density at radius 3 is 2.08 bits per heavy atom. The van der Waals surface area contributed by atoms with Crippen molar-refractivity contribution in [2.24, 2.45) is 0 Å². The van der Waals surface area contributed by atoms with Gasteiger partial charge in [0.05, 0.1) is 10.0 Å². The van der Waals surface area contributed by atoms with E-state index in [4.69, 9.17) is 58.6 Å². The molecule has 3 nitrogen and oxygen atoms in total.